The van der Waals surface area contributed by atoms with Gasteiger partial charge in [0.15, 0.2) is 0 Å². The molecular formula is C13H27N3OS. The van der Waals surface area contributed by atoms with E-state index in [1.807, 2.05) is 18.2 Å². The molecule has 4 nitrogen and oxygen atoms in total. The Bertz CT molecular complexity index is 255. The highest BCUT2D eigenvalue weighted by atomic mass is 32.2. The van der Waals surface area contributed by atoms with Crippen LogP contribution in [0.15, 0.2) is 0 Å². The van der Waals surface area contributed by atoms with Gasteiger partial charge in [-0.3, -0.25) is 4.79 Å². The lowest BCUT2D eigenvalue weighted by Gasteiger charge is -2.32. The highest BCUT2D eigenvalue weighted by Gasteiger charge is 2.23. The van der Waals surface area contributed by atoms with Crippen molar-refractivity contribution >= 4 is 17.7 Å². The molecule has 0 saturated carbocycles. The summed E-state index contributed by atoms with van der Waals surface area (Å²) in [5.41, 5.74) is 5.92. The van der Waals surface area contributed by atoms with Crippen molar-refractivity contribution in [1.82, 2.24) is 9.80 Å². The van der Waals surface area contributed by atoms with Crippen molar-refractivity contribution in [1.29, 1.82) is 0 Å². The molecule has 1 aliphatic heterocycles. The molecule has 2 N–H and O–H groups in total. The molecule has 1 heterocycles. The quantitative estimate of drug-likeness (QED) is 0.780. The maximum absolute atomic E-state index is 12.1. The average Bonchev–Trinajstić information content (AvgIpc) is 2.37. The van der Waals surface area contributed by atoms with Gasteiger partial charge in [0.25, 0.3) is 0 Å². The topological polar surface area (TPSA) is 49.6 Å². The molecule has 1 fully saturated rings. The second-order valence-electron chi connectivity index (χ2n) is 5.35. The minimum atomic E-state index is -0.325. The van der Waals surface area contributed by atoms with Gasteiger partial charge in [-0.05, 0) is 57.3 Å². The Morgan fingerprint density at radius 3 is 2.67 bits per heavy atom. The van der Waals surface area contributed by atoms with Crippen molar-refractivity contribution in [2.24, 2.45) is 11.7 Å². The predicted molar refractivity (Wildman–Crippen MR) is 78.8 cm³/mol. The average molecular weight is 273 g/mol. The Labute approximate surface area is 115 Å². The normalized spacial score (nSPS) is 19.8. The van der Waals surface area contributed by atoms with E-state index in [-0.39, 0.29) is 11.9 Å². The standard InChI is InChI=1S/C13H27N3OS/c1-15-7-4-11(5-8-15)10-16(2)13(17)12(14)6-9-18-3/h11-12H,4-10,14H2,1-3H3. The molecule has 1 amide bonds. The summed E-state index contributed by atoms with van der Waals surface area (Å²) in [5.74, 6) is 1.69. The summed E-state index contributed by atoms with van der Waals surface area (Å²) < 4.78 is 0. The van der Waals surface area contributed by atoms with Gasteiger partial charge in [-0.1, -0.05) is 0 Å². The highest BCUT2D eigenvalue weighted by molar-refractivity contribution is 7.98. The van der Waals surface area contributed by atoms with Crippen molar-refractivity contribution in [2.45, 2.75) is 25.3 Å². The fourth-order valence-corrected chi connectivity index (χ4v) is 2.86. The lowest BCUT2D eigenvalue weighted by molar-refractivity contribution is -0.132. The number of thioether (sulfide) groups is 1. The molecule has 18 heavy (non-hydrogen) atoms. The third-order valence-electron chi connectivity index (χ3n) is 3.70. The van der Waals surface area contributed by atoms with Gasteiger partial charge in [0.05, 0.1) is 6.04 Å². The number of hydrogen-bond acceptors (Lipinski definition) is 4. The van der Waals surface area contributed by atoms with Crippen LogP contribution in [-0.2, 0) is 4.79 Å². The summed E-state index contributed by atoms with van der Waals surface area (Å²) in [5, 5.41) is 0. The SMILES string of the molecule is CSCCC(N)C(=O)N(C)CC1CCN(C)CC1. The third-order valence-corrected chi connectivity index (χ3v) is 4.34. The number of nitrogens with zero attached hydrogens (tertiary/aromatic N) is 2. The maximum atomic E-state index is 12.1. The van der Waals surface area contributed by atoms with E-state index in [0.717, 1.165) is 31.8 Å². The molecule has 1 aliphatic rings. The van der Waals surface area contributed by atoms with Gasteiger partial charge in [0.1, 0.15) is 0 Å². The lowest BCUT2D eigenvalue weighted by atomic mass is 9.96. The Balaban J connectivity index is 2.30. The largest absolute Gasteiger partial charge is 0.344 e. The molecule has 0 spiro atoms. The summed E-state index contributed by atoms with van der Waals surface area (Å²) in [6.07, 6.45) is 5.19. The first-order chi connectivity index (χ1) is 8.54. The van der Waals surface area contributed by atoms with Crippen LogP contribution in [0.2, 0.25) is 0 Å². The van der Waals surface area contributed by atoms with E-state index in [2.05, 4.69) is 11.9 Å². The lowest BCUT2D eigenvalue weighted by Crippen LogP contribution is -2.45. The molecule has 1 rings (SSSR count). The van der Waals surface area contributed by atoms with Crippen LogP contribution in [0.4, 0.5) is 0 Å². The van der Waals surface area contributed by atoms with Crippen LogP contribution in [-0.4, -0.2) is 67.5 Å². The molecule has 1 saturated heterocycles. The van der Waals surface area contributed by atoms with Crippen molar-refractivity contribution < 1.29 is 4.79 Å². The Morgan fingerprint density at radius 2 is 2.11 bits per heavy atom. The molecule has 0 radical (unpaired) electrons. The van der Waals surface area contributed by atoms with Gasteiger partial charge in [0.2, 0.25) is 5.91 Å². The molecule has 106 valence electrons. The molecule has 1 atom stereocenters. The third kappa shape index (κ3) is 5.16. The van der Waals surface area contributed by atoms with Crippen LogP contribution in [0.25, 0.3) is 0 Å². The Kier molecular flexibility index (Phi) is 7.04. The van der Waals surface area contributed by atoms with Crippen LogP contribution < -0.4 is 5.73 Å². The van der Waals surface area contributed by atoms with Crippen molar-refractivity contribution in [2.75, 3.05) is 45.7 Å². The molecule has 1 unspecified atom stereocenters. The second-order valence-corrected chi connectivity index (χ2v) is 6.34. The number of carbonyl (C=O) groups excluding carboxylic acids is 1. The van der Waals surface area contributed by atoms with Crippen LogP contribution >= 0.6 is 11.8 Å². The van der Waals surface area contributed by atoms with E-state index in [4.69, 9.17) is 5.73 Å². The number of hydrogen-bond donors (Lipinski definition) is 1. The minimum Gasteiger partial charge on any atom is -0.344 e. The number of piperidine rings is 1. The highest BCUT2D eigenvalue weighted by Crippen LogP contribution is 2.17. The van der Waals surface area contributed by atoms with Crippen molar-refractivity contribution in [3.05, 3.63) is 0 Å². The Morgan fingerprint density at radius 1 is 1.50 bits per heavy atom. The summed E-state index contributed by atoms with van der Waals surface area (Å²) >= 11 is 1.74. The van der Waals surface area contributed by atoms with Gasteiger partial charge in [-0.2, -0.15) is 11.8 Å². The zero-order valence-electron chi connectivity index (χ0n) is 11.9. The minimum absolute atomic E-state index is 0.1000. The number of amides is 1. The van der Waals surface area contributed by atoms with E-state index >= 15 is 0 Å². The van der Waals surface area contributed by atoms with Crippen LogP contribution in [0.1, 0.15) is 19.3 Å². The number of carbonyl (C=O) groups is 1. The summed E-state index contributed by atoms with van der Waals surface area (Å²) in [7, 11) is 4.04. The van der Waals surface area contributed by atoms with E-state index in [1.54, 1.807) is 11.8 Å². The fourth-order valence-electron chi connectivity index (χ4n) is 2.37. The molecule has 5 heteroatoms. The van der Waals surface area contributed by atoms with Gasteiger partial charge < -0.3 is 15.5 Å². The molecule has 0 aromatic carbocycles. The van der Waals surface area contributed by atoms with Gasteiger partial charge in [-0.25, -0.2) is 0 Å². The van der Waals surface area contributed by atoms with Crippen LogP contribution in [0.5, 0.6) is 0 Å². The number of likely N-dealkylation sites (tertiary alicyclic amines) is 1. The second kappa shape index (κ2) is 8.02. The molecular weight excluding hydrogens is 246 g/mol. The number of rotatable bonds is 6. The summed E-state index contributed by atoms with van der Waals surface area (Å²) in [6, 6.07) is -0.325. The van der Waals surface area contributed by atoms with E-state index in [9.17, 15) is 4.79 Å². The first-order valence-electron chi connectivity index (χ1n) is 6.72. The summed E-state index contributed by atoms with van der Waals surface area (Å²) in [6.45, 7) is 3.15. The number of nitrogens with two attached hydrogens (primary N) is 1. The monoisotopic (exact) mass is 273 g/mol. The summed E-state index contributed by atoms with van der Waals surface area (Å²) in [4.78, 5) is 16.3. The van der Waals surface area contributed by atoms with Gasteiger partial charge >= 0.3 is 0 Å². The zero-order chi connectivity index (χ0) is 13.5. The first kappa shape index (κ1) is 15.8. The smallest absolute Gasteiger partial charge is 0.239 e. The van der Waals surface area contributed by atoms with Crippen LogP contribution in [0.3, 0.4) is 0 Å². The predicted octanol–water partition coefficient (Wildman–Crippen LogP) is 0.867. The number of likely N-dealkylation sites (N-methyl/N-ethyl adjacent to an activating group) is 1. The fraction of sp³-hybridized carbons (Fsp3) is 0.923. The van der Waals surface area contributed by atoms with E-state index in [1.165, 1.54) is 12.8 Å². The molecule has 0 bridgehead atoms. The van der Waals surface area contributed by atoms with Crippen molar-refractivity contribution in [3.8, 4) is 0 Å². The van der Waals surface area contributed by atoms with Gasteiger partial charge in [-0.15, -0.1) is 0 Å². The van der Waals surface area contributed by atoms with Gasteiger partial charge in [0, 0.05) is 13.6 Å². The molecule has 0 aliphatic carbocycles. The van der Waals surface area contributed by atoms with E-state index < -0.39 is 0 Å². The molecule has 0 aromatic heterocycles. The van der Waals surface area contributed by atoms with Crippen molar-refractivity contribution in [3.63, 3.8) is 0 Å². The zero-order valence-corrected chi connectivity index (χ0v) is 12.7. The molecule has 0 aromatic rings. The maximum Gasteiger partial charge on any atom is 0.239 e. The Hall–Kier alpha value is -0.260. The first-order valence-corrected chi connectivity index (χ1v) is 8.12. The van der Waals surface area contributed by atoms with Crippen LogP contribution in [0, 0.1) is 5.92 Å². The van der Waals surface area contributed by atoms with E-state index in [0.29, 0.717) is 5.92 Å².